The first-order valence-electron chi connectivity index (χ1n) is 7.58. The van der Waals surface area contributed by atoms with Gasteiger partial charge in [-0.1, -0.05) is 26.8 Å². The van der Waals surface area contributed by atoms with Crippen LogP contribution in [0.5, 0.6) is 0 Å². The molecule has 1 aromatic heterocycles. The van der Waals surface area contributed by atoms with E-state index in [1.54, 1.807) is 0 Å². The minimum Gasteiger partial charge on any atom is -0.311 e. The second kappa shape index (κ2) is 7.01. The first kappa shape index (κ1) is 14.5. The lowest BCUT2D eigenvalue weighted by atomic mass is 10.2. The highest BCUT2D eigenvalue weighted by atomic mass is 15.2. The van der Waals surface area contributed by atoms with Crippen LogP contribution in [0.2, 0.25) is 0 Å². The molecule has 1 aromatic rings. The zero-order valence-electron chi connectivity index (χ0n) is 12.5. The van der Waals surface area contributed by atoms with E-state index in [-0.39, 0.29) is 0 Å². The van der Waals surface area contributed by atoms with Crippen LogP contribution in [0.4, 0.5) is 0 Å². The van der Waals surface area contributed by atoms with Crippen LogP contribution in [-0.4, -0.2) is 29.0 Å². The Morgan fingerprint density at radius 2 is 2.05 bits per heavy atom. The van der Waals surface area contributed by atoms with Crippen molar-refractivity contribution >= 4 is 0 Å². The molecule has 3 heteroatoms. The summed E-state index contributed by atoms with van der Waals surface area (Å²) in [6, 6.07) is 7.21. The van der Waals surface area contributed by atoms with Gasteiger partial charge in [-0.15, -0.1) is 0 Å². The molecule has 0 aliphatic heterocycles. The summed E-state index contributed by atoms with van der Waals surface area (Å²) in [5, 5.41) is 3.45. The average Bonchev–Trinajstić information content (AvgIpc) is 3.20. The van der Waals surface area contributed by atoms with Gasteiger partial charge < -0.3 is 5.32 Å². The van der Waals surface area contributed by atoms with Crippen LogP contribution in [0, 0.1) is 5.92 Å². The molecule has 0 amide bonds. The predicted molar refractivity (Wildman–Crippen MR) is 79.9 cm³/mol. The van der Waals surface area contributed by atoms with Crippen molar-refractivity contribution in [3.05, 3.63) is 29.6 Å². The quantitative estimate of drug-likeness (QED) is 0.780. The molecule has 1 N–H and O–H groups in total. The number of nitrogens with one attached hydrogen (secondary N) is 1. The van der Waals surface area contributed by atoms with Gasteiger partial charge in [-0.2, -0.15) is 0 Å². The predicted octanol–water partition coefficient (Wildman–Crippen LogP) is 2.81. The summed E-state index contributed by atoms with van der Waals surface area (Å²) < 4.78 is 0. The van der Waals surface area contributed by atoms with Gasteiger partial charge in [-0.25, -0.2) is 0 Å². The van der Waals surface area contributed by atoms with Gasteiger partial charge in [0.05, 0.1) is 11.4 Å². The summed E-state index contributed by atoms with van der Waals surface area (Å²) in [4.78, 5) is 7.30. The Bertz CT molecular complexity index is 385. The lowest BCUT2D eigenvalue weighted by molar-refractivity contribution is 0.266. The maximum Gasteiger partial charge on any atom is 0.0547 e. The van der Waals surface area contributed by atoms with E-state index in [0.717, 1.165) is 37.9 Å². The molecule has 1 saturated carbocycles. The Hall–Kier alpha value is -0.930. The van der Waals surface area contributed by atoms with Gasteiger partial charge in [0.15, 0.2) is 0 Å². The monoisotopic (exact) mass is 261 g/mol. The fourth-order valence-corrected chi connectivity index (χ4v) is 2.35. The number of rotatable bonds is 8. The molecule has 1 fully saturated rings. The smallest absolute Gasteiger partial charge is 0.0547 e. The van der Waals surface area contributed by atoms with Crippen LogP contribution in [0.1, 0.15) is 45.0 Å². The summed E-state index contributed by atoms with van der Waals surface area (Å²) in [5.74, 6) is 0.689. The van der Waals surface area contributed by atoms with E-state index in [0.29, 0.717) is 5.92 Å². The van der Waals surface area contributed by atoms with Crippen LogP contribution >= 0.6 is 0 Å². The maximum absolute atomic E-state index is 4.76. The number of hydrogen-bond acceptors (Lipinski definition) is 3. The Morgan fingerprint density at radius 1 is 1.32 bits per heavy atom. The fourth-order valence-electron chi connectivity index (χ4n) is 2.35. The highest BCUT2D eigenvalue weighted by Crippen LogP contribution is 2.27. The van der Waals surface area contributed by atoms with Crippen LogP contribution in [0.25, 0.3) is 0 Å². The third-order valence-electron chi connectivity index (χ3n) is 3.56. The first-order valence-corrected chi connectivity index (χ1v) is 7.58. The van der Waals surface area contributed by atoms with E-state index < -0.39 is 0 Å². The zero-order chi connectivity index (χ0) is 13.7. The largest absolute Gasteiger partial charge is 0.311 e. The van der Waals surface area contributed by atoms with Crippen LogP contribution < -0.4 is 5.32 Å². The Morgan fingerprint density at radius 3 is 2.68 bits per heavy atom. The normalized spacial score (nSPS) is 15.4. The highest BCUT2D eigenvalue weighted by Gasteiger charge is 2.27. The molecule has 0 aromatic carbocycles. The minimum absolute atomic E-state index is 0.689. The summed E-state index contributed by atoms with van der Waals surface area (Å²) >= 11 is 0. The number of hydrogen-bond donors (Lipinski definition) is 1. The van der Waals surface area contributed by atoms with Gasteiger partial charge >= 0.3 is 0 Å². The van der Waals surface area contributed by atoms with E-state index in [4.69, 9.17) is 4.98 Å². The number of aromatic nitrogens is 1. The Kier molecular flexibility index (Phi) is 5.34. The Balaban J connectivity index is 1.87. The molecular formula is C16H27N3. The lowest BCUT2D eigenvalue weighted by Gasteiger charge is -2.19. The molecule has 106 valence electrons. The zero-order valence-corrected chi connectivity index (χ0v) is 12.5. The molecule has 2 rings (SSSR count). The second-order valence-corrected chi connectivity index (χ2v) is 5.94. The first-order chi connectivity index (χ1) is 9.19. The van der Waals surface area contributed by atoms with Crippen molar-refractivity contribution in [3.63, 3.8) is 0 Å². The van der Waals surface area contributed by atoms with Crippen molar-refractivity contribution in [2.24, 2.45) is 5.92 Å². The summed E-state index contributed by atoms with van der Waals surface area (Å²) in [5.41, 5.74) is 2.36. The average molecular weight is 261 g/mol. The molecular weight excluding hydrogens is 234 g/mol. The third-order valence-corrected chi connectivity index (χ3v) is 3.56. The van der Waals surface area contributed by atoms with Crippen molar-refractivity contribution < 1.29 is 0 Å². The summed E-state index contributed by atoms with van der Waals surface area (Å²) in [7, 11) is 0. The van der Waals surface area contributed by atoms with Crippen molar-refractivity contribution in [2.45, 2.75) is 52.7 Å². The molecule has 0 unspecified atom stereocenters. The van der Waals surface area contributed by atoms with E-state index >= 15 is 0 Å². The van der Waals surface area contributed by atoms with E-state index in [9.17, 15) is 0 Å². The van der Waals surface area contributed by atoms with Gasteiger partial charge in [0, 0.05) is 19.1 Å². The van der Waals surface area contributed by atoms with E-state index in [2.05, 4.69) is 49.2 Å². The molecule has 0 bridgehead atoms. The molecule has 0 spiro atoms. The van der Waals surface area contributed by atoms with Gasteiger partial charge in [-0.3, -0.25) is 9.88 Å². The summed E-state index contributed by atoms with van der Waals surface area (Å²) in [6.45, 7) is 10.8. The van der Waals surface area contributed by atoms with Gasteiger partial charge in [-0.05, 0) is 44.0 Å². The molecule has 0 atom stereocenters. The molecule has 19 heavy (non-hydrogen) atoms. The SMILES string of the molecule is CCN(Cc1cccc(CNCC(C)C)n1)C1CC1. The van der Waals surface area contributed by atoms with Crippen LogP contribution in [0.3, 0.4) is 0 Å². The van der Waals surface area contributed by atoms with E-state index in [1.165, 1.54) is 18.5 Å². The van der Waals surface area contributed by atoms with Crippen molar-refractivity contribution in [1.29, 1.82) is 0 Å². The maximum atomic E-state index is 4.76. The van der Waals surface area contributed by atoms with Crippen molar-refractivity contribution in [2.75, 3.05) is 13.1 Å². The molecule has 0 radical (unpaired) electrons. The minimum atomic E-state index is 0.689. The number of nitrogens with zero attached hydrogens (tertiary/aromatic N) is 2. The van der Waals surface area contributed by atoms with Gasteiger partial charge in [0.2, 0.25) is 0 Å². The summed E-state index contributed by atoms with van der Waals surface area (Å²) in [6.07, 6.45) is 2.73. The lowest BCUT2D eigenvalue weighted by Crippen LogP contribution is -2.26. The van der Waals surface area contributed by atoms with Crippen LogP contribution in [0.15, 0.2) is 18.2 Å². The van der Waals surface area contributed by atoms with Crippen molar-refractivity contribution in [1.82, 2.24) is 15.2 Å². The molecule has 3 nitrogen and oxygen atoms in total. The molecule has 1 aliphatic rings. The highest BCUT2D eigenvalue weighted by molar-refractivity contribution is 5.11. The third kappa shape index (κ3) is 4.92. The standard InChI is InChI=1S/C16H27N3/c1-4-19(16-8-9-16)12-15-7-5-6-14(18-15)11-17-10-13(2)3/h5-7,13,16-17H,4,8-12H2,1-3H3. The topological polar surface area (TPSA) is 28.2 Å². The fraction of sp³-hybridized carbons (Fsp3) is 0.688. The van der Waals surface area contributed by atoms with Gasteiger partial charge in [0.25, 0.3) is 0 Å². The molecule has 1 aliphatic carbocycles. The second-order valence-electron chi connectivity index (χ2n) is 5.94. The number of pyridine rings is 1. The molecule has 0 saturated heterocycles. The van der Waals surface area contributed by atoms with Gasteiger partial charge in [0.1, 0.15) is 0 Å². The van der Waals surface area contributed by atoms with Crippen LogP contribution in [-0.2, 0) is 13.1 Å². The van der Waals surface area contributed by atoms with E-state index in [1.807, 2.05) is 0 Å². The molecule has 1 heterocycles. The Labute approximate surface area is 117 Å². The van der Waals surface area contributed by atoms with Crippen molar-refractivity contribution in [3.8, 4) is 0 Å².